The van der Waals surface area contributed by atoms with E-state index in [1.54, 1.807) is 0 Å². The number of β-amino-alcohol motifs (C(OH)–C–C–N with tert-alkyl or cyclic N) is 1. The molecule has 0 radical (unpaired) electrons. The summed E-state index contributed by atoms with van der Waals surface area (Å²) in [5, 5.41) is 13.2. The van der Waals surface area contributed by atoms with Crippen LogP contribution in [0, 0.1) is 0 Å². The lowest BCUT2D eigenvalue weighted by Crippen LogP contribution is -2.39. The van der Waals surface area contributed by atoms with Gasteiger partial charge in [-0.2, -0.15) is 0 Å². The van der Waals surface area contributed by atoms with Gasteiger partial charge >= 0.3 is 0 Å². The van der Waals surface area contributed by atoms with Gasteiger partial charge in [0.25, 0.3) is 0 Å². The summed E-state index contributed by atoms with van der Waals surface area (Å²) in [4.78, 5) is 2.32. The summed E-state index contributed by atoms with van der Waals surface area (Å²) >= 11 is 0. The number of aliphatic hydroxyl groups is 1. The van der Waals surface area contributed by atoms with Crippen molar-refractivity contribution in [2.75, 3.05) is 24.5 Å². The van der Waals surface area contributed by atoms with Gasteiger partial charge in [0.1, 0.15) is 0 Å². The molecule has 1 fully saturated rings. The van der Waals surface area contributed by atoms with Gasteiger partial charge in [0.05, 0.1) is 6.10 Å². The molecule has 0 saturated carbocycles. The van der Waals surface area contributed by atoms with Crippen molar-refractivity contribution in [2.24, 2.45) is 0 Å². The number of hydrogen-bond acceptors (Lipinski definition) is 3. The Labute approximate surface area is 103 Å². The number of hydrogen-bond donors (Lipinski definition) is 2. The zero-order valence-corrected chi connectivity index (χ0v) is 10.7. The largest absolute Gasteiger partial charge is 0.390 e. The summed E-state index contributed by atoms with van der Waals surface area (Å²) < 4.78 is 0. The van der Waals surface area contributed by atoms with Crippen LogP contribution in [-0.4, -0.2) is 36.9 Å². The number of aryl methyl sites for hydroxylation is 1. The van der Waals surface area contributed by atoms with Gasteiger partial charge in [-0.05, 0) is 25.0 Å². The van der Waals surface area contributed by atoms with Crippen LogP contribution in [0.25, 0.3) is 0 Å². The molecule has 1 aromatic rings. The van der Waals surface area contributed by atoms with Crippen LogP contribution < -0.4 is 10.2 Å². The number of rotatable bonds is 2. The fourth-order valence-corrected chi connectivity index (χ4v) is 2.47. The lowest BCUT2D eigenvalue weighted by atomic mass is 10.1. The van der Waals surface area contributed by atoms with Crippen LogP contribution in [0.4, 0.5) is 5.69 Å². The highest BCUT2D eigenvalue weighted by molar-refractivity contribution is 5.54. The molecule has 0 aromatic heterocycles. The van der Waals surface area contributed by atoms with Gasteiger partial charge in [0, 0.05) is 31.4 Å². The number of benzene rings is 1. The van der Waals surface area contributed by atoms with E-state index in [9.17, 15) is 5.11 Å². The van der Waals surface area contributed by atoms with Crippen LogP contribution in [0.3, 0.4) is 0 Å². The van der Waals surface area contributed by atoms with Crippen molar-refractivity contribution in [3.8, 4) is 0 Å². The maximum absolute atomic E-state index is 9.90. The van der Waals surface area contributed by atoms with Gasteiger partial charge in [-0.15, -0.1) is 0 Å². The lowest BCUT2D eigenvalue weighted by Gasteiger charge is -2.31. The van der Waals surface area contributed by atoms with Crippen molar-refractivity contribution in [2.45, 2.75) is 32.4 Å². The van der Waals surface area contributed by atoms with Crippen LogP contribution in [0.5, 0.6) is 0 Å². The van der Waals surface area contributed by atoms with Crippen LogP contribution in [0.15, 0.2) is 24.3 Å². The quantitative estimate of drug-likeness (QED) is 0.812. The summed E-state index contributed by atoms with van der Waals surface area (Å²) in [5.74, 6) is 0. The van der Waals surface area contributed by atoms with E-state index >= 15 is 0 Å². The molecule has 2 atom stereocenters. The third-order valence-corrected chi connectivity index (χ3v) is 3.44. The summed E-state index contributed by atoms with van der Waals surface area (Å²) in [6.45, 7) is 6.71. The molecule has 0 amide bonds. The first-order valence-electron chi connectivity index (χ1n) is 6.45. The van der Waals surface area contributed by atoms with Crippen molar-refractivity contribution < 1.29 is 5.11 Å². The molecule has 1 aromatic carbocycles. The van der Waals surface area contributed by atoms with E-state index in [1.807, 2.05) is 0 Å². The molecule has 3 heteroatoms. The highest BCUT2D eigenvalue weighted by atomic mass is 16.3. The molecule has 0 bridgehead atoms. The molecule has 2 rings (SSSR count). The summed E-state index contributed by atoms with van der Waals surface area (Å²) in [5.41, 5.74) is 2.62. The average Bonchev–Trinajstić information content (AvgIpc) is 2.51. The minimum absolute atomic E-state index is 0.287. The summed E-state index contributed by atoms with van der Waals surface area (Å²) in [6, 6.07) is 8.91. The second kappa shape index (κ2) is 5.52. The molecular weight excluding hydrogens is 212 g/mol. The topological polar surface area (TPSA) is 35.5 Å². The van der Waals surface area contributed by atoms with Crippen molar-refractivity contribution >= 4 is 5.69 Å². The fourth-order valence-electron chi connectivity index (χ4n) is 2.47. The molecule has 1 aliphatic rings. The zero-order chi connectivity index (χ0) is 12.3. The van der Waals surface area contributed by atoms with Crippen LogP contribution in [-0.2, 0) is 6.42 Å². The van der Waals surface area contributed by atoms with E-state index in [0.717, 1.165) is 13.0 Å². The van der Waals surface area contributed by atoms with Gasteiger partial charge in [0.2, 0.25) is 0 Å². The lowest BCUT2D eigenvalue weighted by molar-refractivity contribution is 0.184. The van der Waals surface area contributed by atoms with Gasteiger partial charge in [-0.25, -0.2) is 0 Å². The van der Waals surface area contributed by atoms with E-state index < -0.39 is 0 Å². The number of aliphatic hydroxyl groups excluding tert-OH is 1. The first-order chi connectivity index (χ1) is 8.22. The maximum Gasteiger partial charge on any atom is 0.0839 e. The van der Waals surface area contributed by atoms with Crippen molar-refractivity contribution in [1.82, 2.24) is 5.32 Å². The van der Waals surface area contributed by atoms with Gasteiger partial charge in [-0.3, -0.25) is 0 Å². The van der Waals surface area contributed by atoms with Crippen molar-refractivity contribution in [3.05, 3.63) is 29.8 Å². The number of anilines is 1. The molecule has 17 heavy (non-hydrogen) atoms. The third-order valence-electron chi connectivity index (χ3n) is 3.44. The van der Waals surface area contributed by atoms with Crippen LogP contribution in [0.2, 0.25) is 0 Å². The van der Waals surface area contributed by atoms with Gasteiger partial charge < -0.3 is 15.3 Å². The van der Waals surface area contributed by atoms with E-state index in [-0.39, 0.29) is 6.10 Å². The Balaban J connectivity index is 2.29. The predicted molar refractivity (Wildman–Crippen MR) is 71.5 cm³/mol. The Kier molecular flexibility index (Phi) is 4.02. The Hall–Kier alpha value is -1.06. The Morgan fingerprint density at radius 3 is 2.88 bits per heavy atom. The second-order valence-corrected chi connectivity index (χ2v) is 4.80. The first-order valence-corrected chi connectivity index (χ1v) is 6.45. The molecule has 94 valence electrons. The van der Waals surface area contributed by atoms with Crippen LogP contribution >= 0.6 is 0 Å². The zero-order valence-electron chi connectivity index (χ0n) is 10.7. The van der Waals surface area contributed by atoms with Gasteiger partial charge in [0.15, 0.2) is 0 Å². The molecule has 3 nitrogen and oxygen atoms in total. The number of para-hydroxylation sites is 1. The molecule has 1 saturated heterocycles. The summed E-state index contributed by atoms with van der Waals surface area (Å²) in [7, 11) is 0. The van der Waals surface area contributed by atoms with E-state index in [1.165, 1.54) is 11.3 Å². The Morgan fingerprint density at radius 2 is 2.12 bits per heavy atom. The van der Waals surface area contributed by atoms with Crippen LogP contribution in [0.1, 0.15) is 19.4 Å². The first kappa shape index (κ1) is 12.4. The summed E-state index contributed by atoms with van der Waals surface area (Å²) in [6.07, 6.45) is 0.744. The van der Waals surface area contributed by atoms with E-state index in [0.29, 0.717) is 19.1 Å². The average molecular weight is 234 g/mol. The maximum atomic E-state index is 9.90. The minimum atomic E-state index is -0.287. The Morgan fingerprint density at radius 1 is 1.35 bits per heavy atom. The molecule has 1 heterocycles. The van der Waals surface area contributed by atoms with Gasteiger partial charge in [-0.1, -0.05) is 25.1 Å². The van der Waals surface area contributed by atoms with E-state index in [4.69, 9.17) is 0 Å². The fraction of sp³-hybridized carbons (Fsp3) is 0.571. The van der Waals surface area contributed by atoms with E-state index in [2.05, 4.69) is 48.3 Å². The standard InChI is InChI=1S/C14H22N2O/c1-3-12-6-4-5-7-14(12)16-10-13(17)9-15-8-11(16)2/h4-7,11,13,15,17H,3,8-10H2,1-2H3. The molecule has 2 unspecified atom stereocenters. The van der Waals surface area contributed by atoms with Crippen molar-refractivity contribution in [3.63, 3.8) is 0 Å². The highest BCUT2D eigenvalue weighted by Gasteiger charge is 2.22. The minimum Gasteiger partial charge on any atom is -0.390 e. The third kappa shape index (κ3) is 2.79. The predicted octanol–water partition coefficient (Wildman–Crippen LogP) is 1.41. The molecular formula is C14H22N2O. The van der Waals surface area contributed by atoms with Crippen molar-refractivity contribution in [1.29, 1.82) is 0 Å². The highest BCUT2D eigenvalue weighted by Crippen LogP contribution is 2.24. The molecule has 0 spiro atoms. The molecule has 2 N–H and O–H groups in total. The smallest absolute Gasteiger partial charge is 0.0839 e. The number of nitrogens with one attached hydrogen (secondary N) is 1. The second-order valence-electron chi connectivity index (χ2n) is 4.80. The Bertz CT molecular complexity index is 367. The normalized spacial score (nSPS) is 25.7. The monoisotopic (exact) mass is 234 g/mol. The number of nitrogens with zero attached hydrogens (tertiary/aromatic N) is 1. The SMILES string of the molecule is CCc1ccccc1N1CC(O)CNCC1C. The molecule has 0 aliphatic carbocycles. The molecule has 1 aliphatic heterocycles.